The van der Waals surface area contributed by atoms with Crippen molar-refractivity contribution in [3.63, 3.8) is 0 Å². The smallest absolute Gasteiger partial charge is 0.254 e. The van der Waals surface area contributed by atoms with Gasteiger partial charge < -0.3 is 20.3 Å². The number of benzene rings is 1. The Morgan fingerprint density at radius 2 is 2.16 bits per heavy atom. The Balaban J connectivity index is 0.00000312. The molecule has 0 radical (unpaired) electrons. The van der Waals surface area contributed by atoms with Gasteiger partial charge in [0.05, 0.1) is 6.33 Å². The van der Waals surface area contributed by atoms with Crippen molar-refractivity contribution in [2.24, 2.45) is 5.73 Å². The lowest BCUT2D eigenvalue weighted by atomic mass is 9.98. The van der Waals surface area contributed by atoms with Gasteiger partial charge >= 0.3 is 0 Å². The lowest BCUT2D eigenvalue weighted by Crippen LogP contribution is -2.43. The predicted molar refractivity (Wildman–Crippen MR) is 95.7 cm³/mol. The molecule has 0 unspecified atom stereocenters. The molecule has 6 nitrogen and oxygen atoms in total. The van der Waals surface area contributed by atoms with Crippen LogP contribution in [-0.2, 0) is 11.2 Å². The SMILES string of the molecule is CN(C)C(=O)CN1CCc2cc(OC/C(=C/F)CN)ccc2C1=O.Cl. The second kappa shape index (κ2) is 9.39. The van der Waals surface area contributed by atoms with Crippen LogP contribution in [0.2, 0.25) is 0 Å². The van der Waals surface area contributed by atoms with E-state index in [0.29, 0.717) is 36.2 Å². The average molecular weight is 372 g/mol. The van der Waals surface area contributed by atoms with E-state index in [9.17, 15) is 14.0 Å². The molecule has 2 amide bonds. The molecule has 1 aromatic carbocycles. The van der Waals surface area contributed by atoms with Crippen molar-refractivity contribution in [2.45, 2.75) is 6.42 Å². The van der Waals surface area contributed by atoms with E-state index in [1.165, 1.54) is 4.90 Å². The molecule has 8 heteroatoms. The van der Waals surface area contributed by atoms with Crippen molar-refractivity contribution < 1.29 is 18.7 Å². The Hall–Kier alpha value is -2.12. The quantitative estimate of drug-likeness (QED) is 0.819. The fraction of sp³-hybridized carbons (Fsp3) is 0.412. The Labute approximate surface area is 152 Å². The minimum Gasteiger partial charge on any atom is -0.489 e. The molecule has 2 rings (SSSR count). The first kappa shape index (κ1) is 20.9. The van der Waals surface area contributed by atoms with Crippen LogP contribution in [0.3, 0.4) is 0 Å². The molecule has 2 N–H and O–H groups in total. The number of fused-ring (bicyclic) bond motifs is 1. The Bertz CT molecular complexity index is 665. The highest BCUT2D eigenvalue weighted by Crippen LogP contribution is 2.24. The summed E-state index contributed by atoms with van der Waals surface area (Å²) in [4.78, 5) is 27.3. The lowest BCUT2D eigenvalue weighted by Gasteiger charge is -2.29. The molecule has 1 heterocycles. The topological polar surface area (TPSA) is 75.9 Å². The van der Waals surface area contributed by atoms with Crippen LogP contribution in [0.1, 0.15) is 15.9 Å². The first-order chi connectivity index (χ1) is 11.5. The van der Waals surface area contributed by atoms with Crippen molar-refractivity contribution in [1.29, 1.82) is 0 Å². The Kier molecular flexibility index (Phi) is 7.86. The van der Waals surface area contributed by atoms with Crippen LogP contribution in [0.4, 0.5) is 4.39 Å². The van der Waals surface area contributed by atoms with Gasteiger partial charge in [0.15, 0.2) is 0 Å². The van der Waals surface area contributed by atoms with E-state index in [2.05, 4.69) is 0 Å². The van der Waals surface area contributed by atoms with Crippen LogP contribution < -0.4 is 10.5 Å². The number of halogens is 2. The normalized spacial score (nSPS) is 13.8. The molecule has 1 aliphatic heterocycles. The molecule has 0 spiro atoms. The summed E-state index contributed by atoms with van der Waals surface area (Å²) in [6.45, 7) is 0.718. The van der Waals surface area contributed by atoms with E-state index in [0.717, 1.165) is 5.56 Å². The van der Waals surface area contributed by atoms with Gasteiger partial charge in [-0.05, 0) is 30.2 Å². The molecule has 1 aliphatic rings. The van der Waals surface area contributed by atoms with E-state index in [4.69, 9.17) is 10.5 Å². The molecular weight excluding hydrogens is 349 g/mol. The highest BCUT2D eigenvalue weighted by Gasteiger charge is 2.26. The highest BCUT2D eigenvalue weighted by molar-refractivity contribution is 5.98. The van der Waals surface area contributed by atoms with Crippen LogP contribution in [0.25, 0.3) is 0 Å². The number of rotatable bonds is 6. The zero-order valence-electron chi connectivity index (χ0n) is 14.3. The van der Waals surface area contributed by atoms with Gasteiger partial charge in [0.1, 0.15) is 18.9 Å². The fourth-order valence-corrected chi connectivity index (χ4v) is 2.37. The zero-order valence-corrected chi connectivity index (χ0v) is 15.1. The third-order valence-corrected chi connectivity index (χ3v) is 3.91. The summed E-state index contributed by atoms with van der Waals surface area (Å²) in [5, 5.41) is 0. The maximum Gasteiger partial charge on any atom is 0.254 e. The van der Waals surface area contributed by atoms with Gasteiger partial charge in [-0.25, -0.2) is 4.39 Å². The lowest BCUT2D eigenvalue weighted by molar-refractivity contribution is -0.129. The highest BCUT2D eigenvalue weighted by atomic mass is 35.5. The third kappa shape index (κ3) is 5.17. The number of nitrogens with two attached hydrogens (primary N) is 1. The Morgan fingerprint density at radius 3 is 2.76 bits per heavy atom. The summed E-state index contributed by atoms with van der Waals surface area (Å²) in [6.07, 6.45) is 1.09. The minimum absolute atomic E-state index is 0. The minimum atomic E-state index is -0.163. The molecule has 138 valence electrons. The zero-order chi connectivity index (χ0) is 17.7. The molecular formula is C17H23ClFN3O3. The first-order valence-corrected chi connectivity index (χ1v) is 7.69. The molecule has 25 heavy (non-hydrogen) atoms. The van der Waals surface area contributed by atoms with Crippen LogP contribution in [0, 0.1) is 0 Å². The molecule has 1 aromatic rings. The summed E-state index contributed by atoms with van der Waals surface area (Å²) in [5.41, 5.74) is 7.18. The Morgan fingerprint density at radius 1 is 1.44 bits per heavy atom. The molecule has 0 bridgehead atoms. The van der Waals surface area contributed by atoms with Gasteiger partial charge in [0.25, 0.3) is 5.91 Å². The van der Waals surface area contributed by atoms with Gasteiger partial charge in [-0.2, -0.15) is 0 Å². The van der Waals surface area contributed by atoms with Gasteiger partial charge in [0.2, 0.25) is 5.91 Å². The molecule has 0 fully saturated rings. The number of carbonyl (C=O) groups is 2. The monoisotopic (exact) mass is 371 g/mol. The van der Waals surface area contributed by atoms with Crippen molar-refractivity contribution in [2.75, 3.05) is 40.3 Å². The van der Waals surface area contributed by atoms with Crippen LogP contribution in [0.5, 0.6) is 5.75 Å². The molecule has 0 aromatic heterocycles. The van der Waals surface area contributed by atoms with E-state index in [1.807, 2.05) is 0 Å². The molecule has 0 aliphatic carbocycles. The fourth-order valence-electron chi connectivity index (χ4n) is 2.37. The molecule has 0 saturated heterocycles. The number of amides is 2. The summed E-state index contributed by atoms with van der Waals surface area (Å²) in [7, 11) is 3.32. The standard InChI is InChI=1S/C17H22FN3O3.ClH/c1-20(2)16(22)10-21-6-5-13-7-14(3-4-15(13)17(21)23)24-11-12(8-18)9-19;/h3-4,7-8H,5-6,9-11,19H2,1-2H3;1H/b12-8+;. The number of hydrogen-bond donors (Lipinski definition) is 1. The molecule has 0 saturated carbocycles. The predicted octanol–water partition coefficient (Wildman–Crippen LogP) is 1.39. The number of nitrogens with zero attached hydrogens (tertiary/aromatic N) is 2. The number of likely N-dealkylation sites (N-methyl/N-ethyl adjacent to an activating group) is 1. The van der Waals surface area contributed by atoms with Crippen molar-refractivity contribution in [3.8, 4) is 5.75 Å². The second-order valence-corrected chi connectivity index (χ2v) is 5.84. The van der Waals surface area contributed by atoms with E-state index < -0.39 is 0 Å². The largest absolute Gasteiger partial charge is 0.489 e. The van der Waals surface area contributed by atoms with E-state index in [-0.39, 0.29) is 43.9 Å². The van der Waals surface area contributed by atoms with E-state index in [1.54, 1.807) is 37.2 Å². The van der Waals surface area contributed by atoms with Crippen molar-refractivity contribution in [3.05, 3.63) is 41.2 Å². The average Bonchev–Trinajstić information content (AvgIpc) is 2.58. The summed E-state index contributed by atoms with van der Waals surface area (Å²) in [5.74, 6) is 0.288. The van der Waals surface area contributed by atoms with Gasteiger partial charge in [-0.3, -0.25) is 9.59 Å². The van der Waals surface area contributed by atoms with E-state index >= 15 is 0 Å². The summed E-state index contributed by atoms with van der Waals surface area (Å²) in [6, 6.07) is 5.13. The van der Waals surface area contributed by atoms with Gasteiger partial charge in [-0.15, -0.1) is 12.4 Å². The van der Waals surface area contributed by atoms with Crippen molar-refractivity contribution in [1.82, 2.24) is 9.80 Å². The number of hydrogen-bond acceptors (Lipinski definition) is 4. The maximum absolute atomic E-state index is 12.5. The second-order valence-electron chi connectivity index (χ2n) is 5.84. The third-order valence-electron chi connectivity index (χ3n) is 3.91. The number of ether oxygens (including phenoxy) is 1. The van der Waals surface area contributed by atoms with Crippen LogP contribution in [0.15, 0.2) is 30.1 Å². The molecule has 0 atom stereocenters. The maximum atomic E-state index is 12.5. The summed E-state index contributed by atoms with van der Waals surface area (Å²) < 4.78 is 18.0. The van der Waals surface area contributed by atoms with Crippen LogP contribution in [-0.4, -0.2) is 62.0 Å². The van der Waals surface area contributed by atoms with Crippen LogP contribution >= 0.6 is 12.4 Å². The first-order valence-electron chi connectivity index (χ1n) is 7.69. The number of carbonyl (C=O) groups excluding carboxylic acids is 2. The summed E-state index contributed by atoms with van der Waals surface area (Å²) >= 11 is 0. The van der Waals surface area contributed by atoms with Gasteiger partial charge in [0, 0.05) is 38.3 Å². The van der Waals surface area contributed by atoms with Crippen molar-refractivity contribution >= 4 is 24.2 Å². The van der Waals surface area contributed by atoms with Gasteiger partial charge in [-0.1, -0.05) is 0 Å².